The van der Waals surface area contributed by atoms with E-state index in [1.807, 2.05) is 55.5 Å². The van der Waals surface area contributed by atoms with Crippen LogP contribution in [0.3, 0.4) is 0 Å². The van der Waals surface area contributed by atoms with Crippen LogP contribution in [0.2, 0.25) is 0 Å². The number of methoxy groups -OCH3 is 1. The van der Waals surface area contributed by atoms with Gasteiger partial charge in [0.2, 0.25) is 15.9 Å². The van der Waals surface area contributed by atoms with Crippen molar-refractivity contribution in [3.63, 3.8) is 0 Å². The van der Waals surface area contributed by atoms with Gasteiger partial charge in [-0.15, -0.1) is 0 Å². The maximum Gasteiger partial charge on any atom is 0.223 e. The van der Waals surface area contributed by atoms with E-state index in [4.69, 9.17) is 4.74 Å². The number of carbonyl (C=O) groups excluding carboxylic acids is 1. The van der Waals surface area contributed by atoms with Crippen LogP contribution < -0.4 is 10.1 Å². The third-order valence-corrected chi connectivity index (χ3v) is 7.83. The van der Waals surface area contributed by atoms with Gasteiger partial charge in [-0.25, -0.2) is 12.7 Å². The Labute approximate surface area is 186 Å². The lowest BCUT2D eigenvalue weighted by atomic mass is 9.96. The van der Waals surface area contributed by atoms with E-state index in [9.17, 15) is 13.2 Å². The quantitative estimate of drug-likeness (QED) is 0.633. The topological polar surface area (TPSA) is 75.7 Å². The highest BCUT2D eigenvalue weighted by Crippen LogP contribution is 2.24. The Kier molecular flexibility index (Phi) is 7.55. The zero-order chi connectivity index (χ0) is 21.7. The molecule has 0 aromatic heterocycles. The Morgan fingerprint density at radius 2 is 1.73 bits per heavy atom. The van der Waals surface area contributed by atoms with Gasteiger partial charge in [0.1, 0.15) is 5.75 Å². The number of hydrogen-bond donors (Lipinski definition) is 1. The largest absolute Gasteiger partial charge is 0.497 e. The number of rotatable bonds is 7. The Bertz CT molecular complexity index is 954. The molecule has 1 aliphatic rings. The van der Waals surface area contributed by atoms with Crippen LogP contribution in [0.25, 0.3) is 0 Å². The van der Waals surface area contributed by atoms with Gasteiger partial charge in [-0.2, -0.15) is 0 Å². The molecule has 0 unspecified atom stereocenters. The number of amides is 1. The van der Waals surface area contributed by atoms with Gasteiger partial charge in [-0.1, -0.05) is 40.2 Å². The maximum atomic E-state index is 12.7. The van der Waals surface area contributed by atoms with E-state index in [1.54, 1.807) is 7.11 Å². The highest BCUT2D eigenvalue weighted by molar-refractivity contribution is 9.10. The van der Waals surface area contributed by atoms with Crippen molar-refractivity contribution >= 4 is 31.9 Å². The van der Waals surface area contributed by atoms with Gasteiger partial charge < -0.3 is 10.1 Å². The van der Waals surface area contributed by atoms with E-state index in [0.717, 1.165) is 21.3 Å². The van der Waals surface area contributed by atoms with Crippen LogP contribution in [0.15, 0.2) is 53.0 Å². The summed E-state index contributed by atoms with van der Waals surface area (Å²) in [5, 5.41) is 3.05. The molecule has 8 heteroatoms. The number of piperidine rings is 1. The van der Waals surface area contributed by atoms with Crippen molar-refractivity contribution in [3.05, 3.63) is 64.1 Å². The summed E-state index contributed by atoms with van der Waals surface area (Å²) in [6.07, 6.45) is 1.06. The van der Waals surface area contributed by atoms with Gasteiger partial charge in [0.25, 0.3) is 0 Å². The molecule has 2 aromatic carbocycles. The predicted molar refractivity (Wildman–Crippen MR) is 121 cm³/mol. The Morgan fingerprint density at radius 3 is 2.30 bits per heavy atom. The van der Waals surface area contributed by atoms with Crippen molar-refractivity contribution in [2.45, 2.75) is 31.6 Å². The predicted octanol–water partition coefficient (Wildman–Crippen LogP) is 3.88. The van der Waals surface area contributed by atoms with Crippen LogP contribution in [-0.4, -0.2) is 38.8 Å². The van der Waals surface area contributed by atoms with Crippen molar-refractivity contribution in [3.8, 4) is 5.75 Å². The molecule has 30 heavy (non-hydrogen) atoms. The molecule has 0 radical (unpaired) electrons. The molecule has 3 rings (SSSR count). The molecular formula is C22H27BrN2O4S. The van der Waals surface area contributed by atoms with Gasteiger partial charge >= 0.3 is 0 Å². The Morgan fingerprint density at radius 1 is 1.13 bits per heavy atom. The number of sulfonamides is 1. The van der Waals surface area contributed by atoms with E-state index in [0.29, 0.717) is 25.9 Å². The SMILES string of the molecule is COc1ccc([C@@H](C)NC(=O)C2CCN(S(=O)(=O)Cc3ccc(Br)cc3)CC2)cc1. The number of carbonyl (C=O) groups is 1. The van der Waals surface area contributed by atoms with E-state index in [2.05, 4.69) is 21.2 Å². The van der Waals surface area contributed by atoms with E-state index >= 15 is 0 Å². The second-order valence-electron chi connectivity index (χ2n) is 7.56. The van der Waals surface area contributed by atoms with Crippen molar-refractivity contribution in [2.75, 3.05) is 20.2 Å². The first-order valence-corrected chi connectivity index (χ1v) is 12.4. The summed E-state index contributed by atoms with van der Waals surface area (Å²) in [7, 11) is -1.78. The molecule has 2 aromatic rings. The minimum atomic E-state index is -3.40. The molecule has 1 heterocycles. The lowest BCUT2D eigenvalue weighted by Crippen LogP contribution is -2.43. The van der Waals surface area contributed by atoms with Crippen molar-refractivity contribution in [1.29, 1.82) is 0 Å². The summed E-state index contributed by atoms with van der Waals surface area (Å²) in [5.74, 6) is 0.549. The van der Waals surface area contributed by atoms with Crippen LogP contribution in [0.5, 0.6) is 5.75 Å². The molecule has 0 spiro atoms. The van der Waals surface area contributed by atoms with E-state index < -0.39 is 10.0 Å². The summed E-state index contributed by atoms with van der Waals surface area (Å²) >= 11 is 3.36. The third kappa shape index (κ3) is 5.83. The second-order valence-corrected chi connectivity index (χ2v) is 10.4. The number of benzene rings is 2. The number of nitrogens with zero attached hydrogens (tertiary/aromatic N) is 1. The summed E-state index contributed by atoms with van der Waals surface area (Å²) in [6, 6.07) is 14.8. The normalized spacial score (nSPS) is 16.8. The van der Waals surface area contributed by atoms with Gasteiger partial charge in [-0.05, 0) is 55.2 Å². The zero-order valence-electron chi connectivity index (χ0n) is 17.2. The molecule has 0 saturated carbocycles. The molecule has 1 aliphatic heterocycles. The lowest BCUT2D eigenvalue weighted by Gasteiger charge is -2.31. The first kappa shape index (κ1) is 22.8. The number of ether oxygens (including phenoxy) is 1. The Hall–Kier alpha value is -1.90. The molecule has 6 nitrogen and oxygen atoms in total. The lowest BCUT2D eigenvalue weighted by molar-refractivity contribution is -0.126. The average Bonchev–Trinajstić information content (AvgIpc) is 2.75. The summed E-state index contributed by atoms with van der Waals surface area (Å²) in [6.45, 7) is 2.68. The second kappa shape index (κ2) is 9.94. The molecule has 1 atom stereocenters. The summed E-state index contributed by atoms with van der Waals surface area (Å²) in [4.78, 5) is 12.7. The van der Waals surface area contributed by atoms with Crippen LogP contribution in [0.1, 0.15) is 36.9 Å². The first-order valence-electron chi connectivity index (χ1n) is 9.95. The Balaban J connectivity index is 1.52. The zero-order valence-corrected chi connectivity index (χ0v) is 19.6. The molecule has 162 valence electrons. The maximum absolute atomic E-state index is 12.7. The van der Waals surface area contributed by atoms with Crippen LogP contribution >= 0.6 is 15.9 Å². The van der Waals surface area contributed by atoms with Crippen LogP contribution in [0, 0.1) is 5.92 Å². The number of halogens is 1. The summed E-state index contributed by atoms with van der Waals surface area (Å²) in [5.41, 5.74) is 1.75. The van der Waals surface area contributed by atoms with Crippen LogP contribution in [-0.2, 0) is 20.6 Å². The molecule has 1 amide bonds. The fourth-order valence-corrected chi connectivity index (χ4v) is 5.41. The molecular weight excluding hydrogens is 468 g/mol. The molecule has 1 saturated heterocycles. The highest BCUT2D eigenvalue weighted by Gasteiger charge is 2.31. The minimum absolute atomic E-state index is 0.0222. The van der Waals surface area contributed by atoms with E-state index in [-0.39, 0.29) is 23.6 Å². The smallest absolute Gasteiger partial charge is 0.223 e. The fourth-order valence-electron chi connectivity index (χ4n) is 3.59. The van der Waals surface area contributed by atoms with Gasteiger partial charge in [-0.3, -0.25) is 4.79 Å². The van der Waals surface area contributed by atoms with Gasteiger partial charge in [0.05, 0.1) is 18.9 Å². The molecule has 1 N–H and O–H groups in total. The van der Waals surface area contributed by atoms with Crippen molar-refractivity contribution < 1.29 is 17.9 Å². The first-order chi connectivity index (χ1) is 14.3. The van der Waals surface area contributed by atoms with Crippen molar-refractivity contribution in [2.24, 2.45) is 5.92 Å². The average molecular weight is 495 g/mol. The fraction of sp³-hybridized carbons (Fsp3) is 0.409. The van der Waals surface area contributed by atoms with Gasteiger partial charge in [0.15, 0.2) is 0 Å². The molecule has 1 fully saturated rings. The summed E-state index contributed by atoms with van der Waals surface area (Å²) < 4.78 is 33.1. The van der Waals surface area contributed by atoms with E-state index in [1.165, 1.54) is 4.31 Å². The monoisotopic (exact) mass is 494 g/mol. The molecule has 0 bridgehead atoms. The molecule has 0 aliphatic carbocycles. The van der Waals surface area contributed by atoms with Crippen molar-refractivity contribution in [1.82, 2.24) is 9.62 Å². The van der Waals surface area contributed by atoms with Crippen LogP contribution in [0.4, 0.5) is 0 Å². The standard InChI is InChI=1S/C22H27BrN2O4S/c1-16(18-5-9-21(29-2)10-6-18)24-22(26)19-11-13-25(14-12-19)30(27,28)15-17-3-7-20(23)8-4-17/h3-10,16,19H,11-15H2,1-2H3,(H,24,26)/t16-/m1/s1. The third-order valence-electron chi connectivity index (χ3n) is 5.45. The number of hydrogen-bond acceptors (Lipinski definition) is 4. The number of nitrogens with one attached hydrogen (secondary N) is 1. The van der Waals surface area contributed by atoms with Gasteiger partial charge in [0, 0.05) is 23.5 Å². The highest BCUT2D eigenvalue weighted by atomic mass is 79.9. The minimum Gasteiger partial charge on any atom is -0.497 e.